The summed E-state index contributed by atoms with van der Waals surface area (Å²) in [7, 11) is 0. The molecular weight excluding hydrogens is 586 g/mol. The summed E-state index contributed by atoms with van der Waals surface area (Å²) in [5.41, 5.74) is 1.66. The molecule has 0 radical (unpaired) electrons. The van der Waals surface area contributed by atoms with E-state index in [4.69, 9.17) is 9.47 Å². The molecule has 3 amide bonds. The van der Waals surface area contributed by atoms with E-state index in [2.05, 4.69) is 5.32 Å². The van der Waals surface area contributed by atoms with Gasteiger partial charge in [0, 0.05) is 12.6 Å². The molecule has 4 rings (SSSR count). The Morgan fingerprint density at radius 1 is 0.826 bits per heavy atom. The summed E-state index contributed by atoms with van der Waals surface area (Å²) in [4.78, 5) is 69.6. The molecule has 1 aliphatic rings. The number of Topliss-reactive ketones (excluding diaryl/α,β-unsaturated/α-hetero) is 1. The summed E-state index contributed by atoms with van der Waals surface area (Å²) in [5, 5.41) is 2.66. The van der Waals surface area contributed by atoms with Gasteiger partial charge < -0.3 is 19.7 Å². The van der Waals surface area contributed by atoms with Crippen molar-refractivity contribution in [1.29, 1.82) is 0 Å². The van der Waals surface area contributed by atoms with Crippen molar-refractivity contribution >= 4 is 35.2 Å². The van der Waals surface area contributed by atoms with Crippen molar-refractivity contribution in [3.8, 4) is 5.75 Å². The van der Waals surface area contributed by atoms with E-state index in [-0.39, 0.29) is 18.9 Å². The second kappa shape index (κ2) is 15.7. The number of nitrogens with zero attached hydrogens (tertiary/aromatic N) is 2. The topological polar surface area (TPSA) is 122 Å². The van der Waals surface area contributed by atoms with E-state index in [0.717, 1.165) is 5.56 Å². The van der Waals surface area contributed by atoms with Crippen molar-refractivity contribution < 1.29 is 33.4 Å². The Morgan fingerprint density at radius 3 is 2.00 bits per heavy atom. The standard InChI is InChI=1S/C36H39N3O7/c1-24(2)33-35(43)38(22-31(40)37-29(20-26-14-8-5-9-15-26)34(42)36(44)46-25(3)4)30(27-16-10-6-11-17-27)21-39(33)32(41)23-45-28-18-12-7-13-19-28/h5-19,21,24-25,29,33H,20,22-23H2,1-4H3,(H,37,40)/t29-,33?/m0/s1. The Bertz CT molecular complexity index is 1560. The van der Waals surface area contributed by atoms with E-state index in [1.807, 2.05) is 32.0 Å². The van der Waals surface area contributed by atoms with Crippen molar-refractivity contribution in [1.82, 2.24) is 15.1 Å². The fourth-order valence-electron chi connectivity index (χ4n) is 5.11. The van der Waals surface area contributed by atoms with Crippen molar-refractivity contribution in [3.63, 3.8) is 0 Å². The molecule has 0 fully saturated rings. The van der Waals surface area contributed by atoms with Crippen LogP contribution in [-0.2, 0) is 35.1 Å². The highest BCUT2D eigenvalue weighted by atomic mass is 16.5. The van der Waals surface area contributed by atoms with Gasteiger partial charge >= 0.3 is 5.97 Å². The molecule has 1 heterocycles. The summed E-state index contributed by atoms with van der Waals surface area (Å²) in [6.45, 7) is 6.13. The first-order valence-corrected chi connectivity index (χ1v) is 15.2. The van der Waals surface area contributed by atoms with Crippen LogP contribution in [0.3, 0.4) is 0 Å². The van der Waals surface area contributed by atoms with Gasteiger partial charge in [0.2, 0.25) is 5.91 Å². The Kier molecular flexibility index (Phi) is 11.4. The van der Waals surface area contributed by atoms with E-state index in [1.54, 1.807) is 92.8 Å². The Hall–Kier alpha value is -5.25. The quantitative estimate of drug-likeness (QED) is 0.225. The minimum Gasteiger partial charge on any atom is -0.484 e. The van der Waals surface area contributed by atoms with Crippen LogP contribution >= 0.6 is 0 Å². The molecule has 0 spiro atoms. The number of carbonyl (C=O) groups is 5. The monoisotopic (exact) mass is 625 g/mol. The zero-order valence-corrected chi connectivity index (χ0v) is 26.4. The van der Waals surface area contributed by atoms with Crippen LogP contribution in [-0.4, -0.2) is 70.6 Å². The first-order valence-electron chi connectivity index (χ1n) is 15.2. The maximum Gasteiger partial charge on any atom is 0.377 e. The predicted octanol–water partition coefficient (Wildman–Crippen LogP) is 4.01. The summed E-state index contributed by atoms with van der Waals surface area (Å²) in [5.74, 6) is -3.30. The fourth-order valence-corrected chi connectivity index (χ4v) is 5.11. The van der Waals surface area contributed by atoms with Gasteiger partial charge in [0.25, 0.3) is 17.6 Å². The van der Waals surface area contributed by atoms with Crippen LogP contribution < -0.4 is 10.1 Å². The van der Waals surface area contributed by atoms with Gasteiger partial charge in [-0.25, -0.2) is 4.79 Å². The lowest BCUT2D eigenvalue weighted by molar-refractivity contribution is -0.157. The van der Waals surface area contributed by atoms with Crippen molar-refractivity contribution in [3.05, 3.63) is 108 Å². The lowest BCUT2D eigenvalue weighted by Gasteiger charge is -2.41. The first kappa shape index (κ1) is 33.6. The summed E-state index contributed by atoms with van der Waals surface area (Å²) in [6.07, 6.45) is 1.09. The normalized spacial score (nSPS) is 15.3. The lowest BCUT2D eigenvalue weighted by atomic mass is 9.97. The van der Waals surface area contributed by atoms with Gasteiger partial charge in [0.15, 0.2) is 6.61 Å². The van der Waals surface area contributed by atoms with E-state index >= 15 is 0 Å². The summed E-state index contributed by atoms with van der Waals surface area (Å²) in [6, 6.07) is 24.6. The first-order chi connectivity index (χ1) is 22.0. The van der Waals surface area contributed by atoms with E-state index in [1.165, 1.54) is 9.80 Å². The number of ether oxygens (including phenoxy) is 2. The van der Waals surface area contributed by atoms with Crippen molar-refractivity contribution in [2.45, 2.75) is 52.3 Å². The van der Waals surface area contributed by atoms with E-state index in [9.17, 15) is 24.0 Å². The molecule has 0 saturated carbocycles. The van der Waals surface area contributed by atoms with Gasteiger partial charge in [-0.3, -0.25) is 24.1 Å². The molecule has 1 aliphatic heterocycles. The van der Waals surface area contributed by atoms with Gasteiger partial charge in [-0.2, -0.15) is 0 Å². The number of benzene rings is 3. The minimum absolute atomic E-state index is 0.0479. The van der Waals surface area contributed by atoms with Crippen LogP contribution in [0.2, 0.25) is 0 Å². The molecule has 0 saturated heterocycles. The van der Waals surface area contributed by atoms with Gasteiger partial charge in [-0.05, 0) is 43.0 Å². The van der Waals surface area contributed by atoms with Crippen LogP contribution in [0.25, 0.3) is 5.70 Å². The van der Waals surface area contributed by atoms with Crippen LogP contribution in [0.4, 0.5) is 0 Å². The Balaban J connectivity index is 1.62. The zero-order valence-electron chi connectivity index (χ0n) is 26.4. The average molecular weight is 626 g/mol. The van der Waals surface area contributed by atoms with Crippen LogP contribution in [0.5, 0.6) is 5.75 Å². The number of esters is 1. The molecule has 1 N–H and O–H groups in total. The third-order valence-corrected chi connectivity index (χ3v) is 7.25. The van der Waals surface area contributed by atoms with Gasteiger partial charge in [0.05, 0.1) is 11.8 Å². The second-order valence-corrected chi connectivity index (χ2v) is 11.5. The number of nitrogens with one attached hydrogen (secondary N) is 1. The third-order valence-electron chi connectivity index (χ3n) is 7.25. The smallest absolute Gasteiger partial charge is 0.377 e. The molecule has 10 nitrogen and oxygen atoms in total. The number of hydrogen-bond acceptors (Lipinski definition) is 7. The van der Waals surface area contributed by atoms with Gasteiger partial charge in [-0.1, -0.05) is 92.7 Å². The number of para-hydroxylation sites is 1. The molecule has 10 heteroatoms. The molecule has 0 aliphatic carbocycles. The molecule has 2 atom stereocenters. The molecule has 240 valence electrons. The molecule has 46 heavy (non-hydrogen) atoms. The highest BCUT2D eigenvalue weighted by molar-refractivity contribution is 6.36. The number of carbonyl (C=O) groups excluding carboxylic acids is 5. The van der Waals surface area contributed by atoms with Crippen LogP contribution in [0, 0.1) is 5.92 Å². The fraction of sp³-hybridized carbons (Fsp3) is 0.306. The van der Waals surface area contributed by atoms with E-state index in [0.29, 0.717) is 17.0 Å². The SMILES string of the molecule is CC(C)OC(=O)C(=O)[C@H](Cc1ccccc1)NC(=O)CN1C(=O)C(C(C)C)N(C(=O)COc2ccccc2)C=C1c1ccccc1. The number of amides is 3. The largest absolute Gasteiger partial charge is 0.484 e. The van der Waals surface area contributed by atoms with Crippen LogP contribution in [0.1, 0.15) is 38.8 Å². The Morgan fingerprint density at radius 2 is 1.41 bits per heavy atom. The lowest BCUT2D eigenvalue weighted by Crippen LogP contribution is -2.57. The zero-order chi connectivity index (χ0) is 33.2. The minimum atomic E-state index is -1.22. The molecule has 1 unspecified atom stereocenters. The maximum absolute atomic E-state index is 14.1. The highest BCUT2D eigenvalue weighted by Gasteiger charge is 2.41. The number of rotatable bonds is 13. The Labute approximate surface area is 269 Å². The van der Waals surface area contributed by atoms with Crippen molar-refractivity contribution in [2.75, 3.05) is 13.2 Å². The molecule has 3 aromatic rings. The molecule has 0 bridgehead atoms. The van der Waals surface area contributed by atoms with Gasteiger partial charge in [0.1, 0.15) is 24.4 Å². The molecule has 3 aromatic carbocycles. The van der Waals surface area contributed by atoms with Crippen LogP contribution in [0.15, 0.2) is 97.2 Å². The third kappa shape index (κ3) is 8.68. The second-order valence-electron chi connectivity index (χ2n) is 11.5. The summed E-state index contributed by atoms with van der Waals surface area (Å²) >= 11 is 0. The predicted molar refractivity (Wildman–Crippen MR) is 172 cm³/mol. The van der Waals surface area contributed by atoms with Gasteiger partial charge in [-0.15, -0.1) is 0 Å². The average Bonchev–Trinajstić information content (AvgIpc) is 3.04. The number of hydrogen-bond donors (Lipinski definition) is 1. The summed E-state index contributed by atoms with van der Waals surface area (Å²) < 4.78 is 10.8. The molecule has 0 aromatic heterocycles. The maximum atomic E-state index is 14.1. The highest BCUT2D eigenvalue weighted by Crippen LogP contribution is 2.30. The number of ketones is 1. The van der Waals surface area contributed by atoms with Crippen molar-refractivity contribution in [2.24, 2.45) is 5.92 Å². The van der Waals surface area contributed by atoms with E-state index < -0.39 is 54.2 Å². The molecular formula is C36H39N3O7.